The van der Waals surface area contributed by atoms with Gasteiger partial charge in [-0.3, -0.25) is 14.7 Å². The van der Waals surface area contributed by atoms with Crippen molar-refractivity contribution < 1.29 is 9.18 Å². The van der Waals surface area contributed by atoms with Crippen molar-refractivity contribution in [2.24, 2.45) is 0 Å². The summed E-state index contributed by atoms with van der Waals surface area (Å²) in [5, 5.41) is 0. The first-order valence-electron chi connectivity index (χ1n) is 9.05. The number of piperazine rings is 1. The van der Waals surface area contributed by atoms with Crippen LogP contribution in [0.3, 0.4) is 0 Å². The highest BCUT2D eigenvalue weighted by Crippen LogP contribution is 2.29. The molecule has 144 valence electrons. The van der Waals surface area contributed by atoms with Gasteiger partial charge in [-0.1, -0.05) is 12.1 Å². The van der Waals surface area contributed by atoms with Gasteiger partial charge in [0, 0.05) is 59.3 Å². The summed E-state index contributed by atoms with van der Waals surface area (Å²) in [5.41, 5.74) is 1.52. The van der Waals surface area contributed by atoms with Crippen molar-refractivity contribution >= 4 is 33.2 Å². The summed E-state index contributed by atoms with van der Waals surface area (Å²) < 4.78 is 14.2. The van der Waals surface area contributed by atoms with Crippen LogP contribution in [0.25, 0.3) is 10.4 Å². The van der Waals surface area contributed by atoms with Crippen molar-refractivity contribution in [3.63, 3.8) is 0 Å². The maximum Gasteiger partial charge on any atom is 0.255 e. The van der Waals surface area contributed by atoms with E-state index < -0.39 is 0 Å². The third-order valence-electron chi connectivity index (χ3n) is 4.76. The number of hydrogen-bond acceptors (Lipinski definition) is 4. The van der Waals surface area contributed by atoms with Crippen LogP contribution in [-0.2, 0) is 6.54 Å². The number of amides is 1. The lowest BCUT2D eigenvalue weighted by atomic mass is 10.2. The van der Waals surface area contributed by atoms with Crippen LogP contribution in [0.2, 0.25) is 0 Å². The fourth-order valence-corrected chi connectivity index (χ4v) is 4.71. The van der Waals surface area contributed by atoms with E-state index in [0.717, 1.165) is 34.5 Å². The maximum absolute atomic E-state index is 13.4. The molecular formula is C21H19BrFN3OS. The number of benzene rings is 1. The monoisotopic (exact) mass is 459 g/mol. The van der Waals surface area contributed by atoms with Crippen LogP contribution < -0.4 is 0 Å². The summed E-state index contributed by atoms with van der Waals surface area (Å²) >= 11 is 5.05. The fraction of sp³-hybridized carbons (Fsp3) is 0.238. The van der Waals surface area contributed by atoms with E-state index in [1.807, 2.05) is 11.0 Å². The Morgan fingerprint density at radius 3 is 2.68 bits per heavy atom. The molecule has 0 aliphatic carbocycles. The summed E-state index contributed by atoms with van der Waals surface area (Å²) in [6.07, 6.45) is 3.28. The standard InChI is InChI=1S/C21H19BrFN3OS/c22-17-10-16(12-24-13-17)21(27)26-8-6-25(7-9-26)14-19-4-5-20(28-19)15-2-1-3-18(23)11-15/h1-5,10-13H,6-9,14H2. The number of halogens is 2. The Morgan fingerprint density at radius 2 is 1.93 bits per heavy atom. The molecule has 0 spiro atoms. The van der Waals surface area contributed by atoms with Gasteiger partial charge in [-0.05, 0) is 51.8 Å². The number of carbonyl (C=O) groups excluding carboxylic acids is 1. The van der Waals surface area contributed by atoms with Crippen LogP contribution >= 0.6 is 27.3 Å². The van der Waals surface area contributed by atoms with Crippen LogP contribution in [0.5, 0.6) is 0 Å². The third-order valence-corrected chi connectivity index (χ3v) is 6.31. The molecule has 0 radical (unpaired) electrons. The molecule has 7 heteroatoms. The van der Waals surface area contributed by atoms with Gasteiger partial charge in [0.05, 0.1) is 5.56 Å². The van der Waals surface area contributed by atoms with Crippen molar-refractivity contribution in [2.45, 2.75) is 6.54 Å². The molecule has 4 rings (SSSR count). The Kier molecular flexibility index (Phi) is 5.85. The molecule has 1 amide bonds. The van der Waals surface area contributed by atoms with E-state index in [-0.39, 0.29) is 11.7 Å². The molecule has 1 aromatic carbocycles. The summed E-state index contributed by atoms with van der Waals surface area (Å²) in [4.78, 5) is 23.3. The number of carbonyl (C=O) groups is 1. The molecule has 28 heavy (non-hydrogen) atoms. The molecule has 1 aliphatic heterocycles. The van der Waals surface area contributed by atoms with E-state index >= 15 is 0 Å². The van der Waals surface area contributed by atoms with E-state index in [1.165, 1.54) is 10.9 Å². The number of thiophene rings is 1. The predicted molar refractivity (Wildman–Crippen MR) is 113 cm³/mol. The van der Waals surface area contributed by atoms with E-state index in [2.05, 4.69) is 37.9 Å². The quantitative estimate of drug-likeness (QED) is 0.568. The molecule has 1 aliphatic rings. The van der Waals surface area contributed by atoms with Gasteiger partial charge in [-0.15, -0.1) is 11.3 Å². The smallest absolute Gasteiger partial charge is 0.255 e. The number of aromatic nitrogens is 1. The number of nitrogens with zero attached hydrogens (tertiary/aromatic N) is 3. The third kappa shape index (κ3) is 4.48. The molecule has 0 atom stereocenters. The minimum atomic E-state index is -0.214. The zero-order chi connectivity index (χ0) is 19.5. The Morgan fingerprint density at radius 1 is 1.11 bits per heavy atom. The largest absolute Gasteiger partial charge is 0.336 e. The summed E-state index contributed by atoms with van der Waals surface area (Å²) in [6, 6.07) is 12.7. The van der Waals surface area contributed by atoms with Crippen LogP contribution in [0.1, 0.15) is 15.2 Å². The lowest BCUT2D eigenvalue weighted by molar-refractivity contribution is 0.0629. The molecule has 0 bridgehead atoms. The molecular weight excluding hydrogens is 441 g/mol. The van der Waals surface area contributed by atoms with Crippen molar-refractivity contribution in [3.8, 4) is 10.4 Å². The lowest BCUT2D eigenvalue weighted by Crippen LogP contribution is -2.48. The highest BCUT2D eigenvalue weighted by molar-refractivity contribution is 9.10. The normalized spacial score (nSPS) is 15.0. The molecule has 0 unspecified atom stereocenters. The summed E-state index contributed by atoms with van der Waals surface area (Å²) in [5.74, 6) is -0.188. The fourth-order valence-electron chi connectivity index (χ4n) is 3.30. The lowest BCUT2D eigenvalue weighted by Gasteiger charge is -2.34. The Bertz CT molecular complexity index is 985. The van der Waals surface area contributed by atoms with E-state index in [4.69, 9.17) is 0 Å². The van der Waals surface area contributed by atoms with Gasteiger partial charge in [-0.2, -0.15) is 0 Å². The Balaban J connectivity index is 1.34. The highest BCUT2D eigenvalue weighted by Gasteiger charge is 2.23. The second kappa shape index (κ2) is 8.51. The van der Waals surface area contributed by atoms with Gasteiger partial charge in [-0.25, -0.2) is 4.39 Å². The molecule has 4 nitrogen and oxygen atoms in total. The minimum Gasteiger partial charge on any atom is -0.336 e. The van der Waals surface area contributed by atoms with Gasteiger partial charge >= 0.3 is 0 Å². The topological polar surface area (TPSA) is 36.4 Å². The highest BCUT2D eigenvalue weighted by atomic mass is 79.9. The summed E-state index contributed by atoms with van der Waals surface area (Å²) in [6.45, 7) is 3.92. The van der Waals surface area contributed by atoms with Crippen molar-refractivity contribution in [1.29, 1.82) is 0 Å². The first kappa shape index (κ1) is 19.2. The maximum atomic E-state index is 13.4. The molecule has 3 aromatic rings. The number of rotatable bonds is 4. The van der Waals surface area contributed by atoms with Gasteiger partial charge in [0.1, 0.15) is 5.82 Å². The average Bonchev–Trinajstić information content (AvgIpc) is 3.17. The SMILES string of the molecule is O=C(c1cncc(Br)c1)N1CCN(Cc2ccc(-c3cccc(F)c3)s2)CC1. The average molecular weight is 460 g/mol. The minimum absolute atomic E-state index is 0.0259. The van der Waals surface area contributed by atoms with Crippen molar-refractivity contribution in [2.75, 3.05) is 26.2 Å². The molecule has 0 saturated carbocycles. The number of pyridine rings is 1. The van der Waals surface area contributed by atoms with Gasteiger partial charge < -0.3 is 4.90 Å². The molecule has 1 saturated heterocycles. The van der Waals surface area contributed by atoms with E-state index in [9.17, 15) is 9.18 Å². The van der Waals surface area contributed by atoms with Crippen LogP contribution in [0, 0.1) is 5.82 Å². The second-order valence-electron chi connectivity index (χ2n) is 6.74. The van der Waals surface area contributed by atoms with Crippen molar-refractivity contribution in [3.05, 3.63) is 75.6 Å². The van der Waals surface area contributed by atoms with Crippen LogP contribution in [-0.4, -0.2) is 46.9 Å². The van der Waals surface area contributed by atoms with Crippen LogP contribution in [0.15, 0.2) is 59.3 Å². The van der Waals surface area contributed by atoms with Gasteiger partial charge in [0.2, 0.25) is 0 Å². The molecule has 0 N–H and O–H groups in total. The molecule has 3 heterocycles. The zero-order valence-electron chi connectivity index (χ0n) is 15.1. The van der Waals surface area contributed by atoms with Gasteiger partial charge in [0.25, 0.3) is 5.91 Å². The van der Waals surface area contributed by atoms with Gasteiger partial charge in [0.15, 0.2) is 0 Å². The first-order chi connectivity index (χ1) is 13.6. The van der Waals surface area contributed by atoms with Crippen molar-refractivity contribution in [1.82, 2.24) is 14.8 Å². The molecule has 1 fully saturated rings. The Labute approximate surface area is 175 Å². The second-order valence-corrected chi connectivity index (χ2v) is 8.82. The van der Waals surface area contributed by atoms with E-state index in [0.29, 0.717) is 18.7 Å². The molecule has 2 aromatic heterocycles. The zero-order valence-corrected chi connectivity index (χ0v) is 17.5. The Hall–Kier alpha value is -2.09. The van der Waals surface area contributed by atoms with E-state index in [1.54, 1.807) is 41.9 Å². The predicted octanol–water partition coefficient (Wildman–Crippen LogP) is 4.67. The number of hydrogen-bond donors (Lipinski definition) is 0. The van der Waals surface area contributed by atoms with Crippen LogP contribution in [0.4, 0.5) is 4.39 Å². The summed E-state index contributed by atoms with van der Waals surface area (Å²) in [7, 11) is 0. The first-order valence-corrected chi connectivity index (χ1v) is 10.7.